The van der Waals surface area contributed by atoms with Gasteiger partial charge in [-0.25, -0.2) is 9.48 Å². The number of esters is 1. The molecule has 3 aromatic rings. The Labute approximate surface area is 158 Å². The molecule has 1 aromatic heterocycles. The first kappa shape index (κ1) is 17.6. The molecule has 0 radical (unpaired) electrons. The van der Waals surface area contributed by atoms with Crippen LogP contribution in [-0.4, -0.2) is 21.0 Å². The fourth-order valence-corrected chi connectivity index (χ4v) is 2.79. The van der Waals surface area contributed by atoms with Crippen LogP contribution < -0.4 is 0 Å². The molecule has 0 bridgehead atoms. The molecule has 0 fully saturated rings. The Morgan fingerprint density at radius 2 is 2.00 bits per heavy atom. The Kier molecular flexibility index (Phi) is 5.20. The molecule has 5 nitrogen and oxygen atoms in total. The van der Waals surface area contributed by atoms with E-state index in [0.717, 1.165) is 21.3 Å². The summed E-state index contributed by atoms with van der Waals surface area (Å²) >= 11 is 9.54. The lowest BCUT2D eigenvalue weighted by Gasteiger charge is -2.07. The van der Waals surface area contributed by atoms with E-state index in [9.17, 15) is 4.79 Å². The maximum Gasteiger partial charge on any atom is 0.361 e. The number of aryl methyl sites for hydroxylation is 1. The number of hydrogen-bond donors (Lipinski definition) is 0. The van der Waals surface area contributed by atoms with Gasteiger partial charge in [0, 0.05) is 15.1 Å². The van der Waals surface area contributed by atoms with Crippen LogP contribution in [0.5, 0.6) is 0 Å². The van der Waals surface area contributed by atoms with E-state index >= 15 is 0 Å². The number of hydrogen-bond acceptors (Lipinski definition) is 4. The van der Waals surface area contributed by atoms with Gasteiger partial charge in [0.25, 0.3) is 0 Å². The second-order valence-electron chi connectivity index (χ2n) is 5.54. The molecule has 0 N–H and O–H groups in total. The van der Waals surface area contributed by atoms with E-state index in [4.69, 9.17) is 16.3 Å². The topological polar surface area (TPSA) is 57.0 Å². The summed E-state index contributed by atoms with van der Waals surface area (Å²) in [6.45, 7) is 3.85. The summed E-state index contributed by atoms with van der Waals surface area (Å²) in [5.74, 6) is -0.530. The first-order chi connectivity index (χ1) is 12.0. The van der Waals surface area contributed by atoms with Gasteiger partial charge in [0.15, 0.2) is 5.69 Å². The van der Waals surface area contributed by atoms with Crippen molar-refractivity contribution in [3.05, 3.63) is 74.5 Å². The van der Waals surface area contributed by atoms with Crippen molar-refractivity contribution in [2.24, 2.45) is 0 Å². The summed E-state index contributed by atoms with van der Waals surface area (Å²) in [5.41, 5.74) is 3.44. The van der Waals surface area contributed by atoms with E-state index in [0.29, 0.717) is 10.7 Å². The van der Waals surface area contributed by atoms with Crippen LogP contribution in [0.1, 0.15) is 27.3 Å². The minimum absolute atomic E-state index is 0.0855. The zero-order chi connectivity index (χ0) is 18.0. The minimum atomic E-state index is -0.530. The third-order valence-corrected chi connectivity index (χ3v) is 5.05. The van der Waals surface area contributed by atoms with Gasteiger partial charge in [0.2, 0.25) is 0 Å². The van der Waals surface area contributed by atoms with E-state index in [1.807, 2.05) is 43.3 Å². The molecule has 0 aliphatic rings. The predicted molar refractivity (Wildman–Crippen MR) is 99.1 cm³/mol. The van der Waals surface area contributed by atoms with Gasteiger partial charge in [0.1, 0.15) is 6.61 Å². The molecule has 0 spiro atoms. The highest BCUT2D eigenvalue weighted by molar-refractivity contribution is 9.10. The molecule has 2 aromatic carbocycles. The lowest BCUT2D eigenvalue weighted by atomic mass is 10.2. The van der Waals surface area contributed by atoms with Gasteiger partial charge in [-0.05, 0) is 43.7 Å². The molecular formula is C18H15BrClN3O2. The van der Waals surface area contributed by atoms with Gasteiger partial charge in [-0.3, -0.25) is 0 Å². The molecule has 0 saturated heterocycles. The van der Waals surface area contributed by atoms with Crippen molar-refractivity contribution in [3.8, 4) is 5.69 Å². The maximum atomic E-state index is 12.3. The Balaban J connectivity index is 1.79. The number of aromatic nitrogens is 3. The van der Waals surface area contributed by atoms with Crippen molar-refractivity contribution >= 4 is 33.5 Å². The third kappa shape index (κ3) is 3.75. The maximum absolute atomic E-state index is 12.3. The first-order valence-electron chi connectivity index (χ1n) is 7.56. The van der Waals surface area contributed by atoms with Crippen LogP contribution in [0.25, 0.3) is 5.69 Å². The van der Waals surface area contributed by atoms with E-state index in [1.54, 1.807) is 17.7 Å². The van der Waals surface area contributed by atoms with Crippen molar-refractivity contribution in [1.82, 2.24) is 15.0 Å². The van der Waals surface area contributed by atoms with Crippen molar-refractivity contribution < 1.29 is 9.53 Å². The Bertz CT molecular complexity index is 940. The number of carbonyl (C=O) groups excluding carboxylic acids is 1. The normalized spacial score (nSPS) is 10.7. The number of ether oxygens (including phenoxy) is 1. The molecule has 0 aliphatic heterocycles. The summed E-state index contributed by atoms with van der Waals surface area (Å²) in [4.78, 5) is 12.3. The van der Waals surface area contributed by atoms with Crippen LogP contribution in [0, 0.1) is 13.8 Å². The fourth-order valence-electron chi connectivity index (χ4n) is 2.35. The summed E-state index contributed by atoms with van der Waals surface area (Å²) < 4.78 is 7.95. The van der Waals surface area contributed by atoms with Gasteiger partial charge in [0.05, 0.1) is 11.4 Å². The van der Waals surface area contributed by atoms with Crippen LogP contribution in [0.3, 0.4) is 0 Å². The fraction of sp³-hybridized carbons (Fsp3) is 0.167. The lowest BCUT2D eigenvalue weighted by Crippen LogP contribution is -2.08. The summed E-state index contributed by atoms with van der Waals surface area (Å²) in [6.07, 6.45) is 0. The van der Waals surface area contributed by atoms with Crippen LogP contribution in [0.15, 0.2) is 46.9 Å². The Morgan fingerprint density at radius 1 is 1.24 bits per heavy atom. The zero-order valence-electron chi connectivity index (χ0n) is 13.7. The SMILES string of the molecule is Cc1cc(-n2nnc(C(=O)OCc3ccccc3Cl)c2C)ccc1Br. The molecule has 0 atom stereocenters. The van der Waals surface area contributed by atoms with Gasteiger partial charge in [-0.2, -0.15) is 0 Å². The van der Waals surface area contributed by atoms with Crippen LogP contribution in [0.2, 0.25) is 5.02 Å². The van der Waals surface area contributed by atoms with Crippen molar-refractivity contribution in [1.29, 1.82) is 0 Å². The van der Waals surface area contributed by atoms with Gasteiger partial charge in [-0.15, -0.1) is 5.10 Å². The number of benzene rings is 2. The van der Waals surface area contributed by atoms with Gasteiger partial charge >= 0.3 is 5.97 Å². The van der Waals surface area contributed by atoms with E-state index in [1.165, 1.54) is 0 Å². The molecule has 0 aliphatic carbocycles. The van der Waals surface area contributed by atoms with Crippen LogP contribution in [0.4, 0.5) is 0 Å². The highest BCUT2D eigenvalue weighted by Crippen LogP contribution is 2.21. The molecule has 128 valence electrons. The molecule has 7 heteroatoms. The number of carbonyl (C=O) groups is 1. The van der Waals surface area contributed by atoms with E-state index in [-0.39, 0.29) is 12.3 Å². The van der Waals surface area contributed by atoms with Crippen molar-refractivity contribution in [2.45, 2.75) is 20.5 Å². The highest BCUT2D eigenvalue weighted by Gasteiger charge is 2.19. The lowest BCUT2D eigenvalue weighted by molar-refractivity contribution is 0.0465. The quantitative estimate of drug-likeness (QED) is 0.576. The monoisotopic (exact) mass is 419 g/mol. The average molecular weight is 421 g/mol. The minimum Gasteiger partial charge on any atom is -0.456 e. The molecule has 3 rings (SSSR count). The smallest absolute Gasteiger partial charge is 0.361 e. The van der Waals surface area contributed by atoms with E-state index in [2.05, 4.69) is 26.2 Å². The van der Waals surface area contributed by atoms with Crippen molar-refractivity contribution in [2.75, 3.05) is 0 Å². The molecule has 0 amide bonds. The second kappa shape index (κ2) is 7.37. The third-order valence-electron chi connectivity index (χ3n) is 3.79. The highest BCUT2D eigenvalue weighted by atomic mass is 79.9. The Hall–Kier alpha value is -2.18. The molecule has 1 heterocycles. The van der Waals surface area contributed by atoms with Gasteiger partial charge in [-0.1, -0.05) is 50.9 Å². The van der Waals surface area contributed by atoms with Crippen LogP contribution in [-0.2, 0) is 11.3 Å². The molecular weight excluding hydrogens is 406 g/mol. The number of halogens is 2. The van der Waals surface area contributed by atoms with Crippen molar-refractivity contribution in [3.63, 3.8) is 0 Å². The summed E-state index contributed by atoms with van der Waals surface area (Å²) in [7, 11) is 0. The average Bonchev–Trinajstić information content (AvgIpc) is 2.98. The zero-order valence-corrected chi connectivity index (χ0v) is 16.0. The second-order valence-corrected chi connectivity index (χ2v) is 6.80. The number of nitrogens with zero attached hydrogens (tertiary/aromatic N) is 3. The van der Waals surface area contributed by atoms with E-state index < -0.39 is 5.97 Å². The number of rotatable bonds is 4. The molecule has 0 unspecified atom stereocenters. The first-order valence-corrected chi connectivity index (χ1v) is 8.74. The van der Waals surface area contributed by atoms with Gasteiger partial charge < -0.3 is 4.74 Å². The summed E-state index contributed by atoms with van der Waals surface area (Å²) in [6, 6.07) is 13.0. The summed E-state index contributed by atoms with van der Waals surface area (Å²) in [5, 5.41) is 8.60. The van der Waals surface area contributed by atoms with Crippen LogP contribution >= 0.6 is 27.5 Å². The molecule has 25 heavy (non-hydrogen) atoms. The predicted octanol–water partition coefficient (Wildman–Crippen LogP) is 4.66. The largest absolute Gasteiger partial charge is 0.456 e. The molecule has 0 saturated carbocycles. The Morgan fingerprint density at radius 3 is 2.72 bits per heavy atom. The standard InChI is InChI=1S/C18H15BrClN3O2/c1-11-9-14(7-8-15(11)19)23-12(2)17(21-22-23)18(24)25-10-13-5-3-4-6-16(13)20/h3-9H,10H2,1-2H3.